The molecule has 2 N–H and O–H groups in total. The Bertz CT molecular complexity index is 1310. The molecule has 1 saturated heterocycles. The summed E-state index contributed by atoms with van der Waals surface area (Å²) in [4.78, 5) is 27.0. The Labute approximate surface area is 202 Å². The average Bonchev–Trinajstić information content (AvgIpc) is 3.12. The van der Waals surface area contributed by atoms with Crippen LogP contribution in [0.1, 0.15) is 21.5 Å². The Hall–Kier alpha value is -3.23. The van der Waals surface area contributed by atoms with Crippen molar-refractivity contribution < 1.29 is 19.1 Å². The normalized spacial score (nSPS) is 16.8. The second kappa shape index (κ2) is 9.72. The van der Waals surface area contributed by atoms with E-state index in [0.717, 1.165) is 34.5 Å². The third-order valence-electron chi connectivity index (χ3n) is 5.02. The molecule has 1 aliphatic rings. The van der Waals surface area contributed by atoms with Crippen LogP contribution in [0.2, 0.25) is 0 Å². The first kappa shape index (κ1) is 22.9. The van der Waals surface area contributed by atoms with Crippen molar-refractivity contribution in [2.75, 3.05) is 0 Å². The summed E-state index contributed by atoms with van der Waals surface area (Å²) in [6.07, 6.45) is 1.77. The van der Waals surface area contributed by atoms with Gasteiger partial charge in [0.05, 0.1) is 10.6 Å². The molecule has 1 atom stereocenters. The van der Waals surface area contributed by atoms with Gasteiger partial charge in [-0.25, -0.2) is 9.38 Å². The van der Waals surface area contributed by atoms with Crippen LogP contribution in [-0.4, -0.2) is 22.2 Å². The third kappa shape index (κ3) is 5.23. The number of carboxylic acid groups (broad SMARTS) is 1. The number of nitrogens with one attached hydrogen (secondary N) is 1. The van der Waals surface area contributed by atoms with Gasteiger partial charge in [-0.05, 0) is 59.1 Å². The third-order valence-corrected chi connectivity index (χ3v) is 6.81. The van der Waals surface area contributed by atoms with Gasteiger partial charge in [-0.2, -0.15) is 0 Å². The highest BCUT2D eigenvalue weighted by molar-refractivity contribution is 9.09. The number of carboxylic acids is 1. The van der Waals surface area contributed by atoms with Crippen molar-refractivity contribution in [1.82, 2.24) is 5.32 Å². The predicted octanol–water partition coefficient (Wildman–Crippen LogP) is 6.21. The molecule has 3 aromatic carbocycles. The molecule has 4 rings (SSSR count). The maximum atomic E-state index is 14.3. The molecule has 0 spiro atoms. The van der Waals surface area contributed by atoms with Crippen LogP contribution in [0.4, 0.5) is 10.1 Å². The zero-order valence-corrected chi connectivity index (χ0v) is 19.8. The Kier molecular flexibility index (Phi) is 6.76. The second-order valence-corrected chi connectivity index (χ2v) is 9.27. The van der Waals surface area contributed by atoms with Gasteiger partial charge in [-0.1, -0.05) is 70.5 Å². The van der Waals surface area contributed by atoms with E-state index in [1.807, 2.05) is 36.4 Å². The number of thioether (sulfide) groups is 1. The average molecular weight is 525 g/mol. The Morgan fingerprint density at radius 3 is 2.55 bits per heavy atom. The molecule has 0 aliphatic carbocycles. The van der Waals surface area contributed by atoms with Gasteiger partial charge >= 0.3 is 5.97 Å². The molecule has 1 aliphatic heterocycles. The molecule has 8 heteroatoms. The van der Waals surface area contributed by atoms with E-state index in [0.29, 0.717) is 10.1 Å². The maximum absolute atomic E-state index is 14.3. The van der Waals surface area contributed by atoms with Crippen molar-refractivity contribution >= 4 is 56.5 Å². The van der Waals surface area contributed by atoms with Crippen molar-refractivity contribution in [3.63, 3.8) is 0 Å². The van der Waals surface area contributed by atoms with Crippen molar-refractivity contribution in [3.8, 4) is 11.1 Å². The lowest BCUT2D eigenvalue weighted by Gasteiger charge is -2.07. The van der Waals surface area contributed by atoms with Gasteiger partial charge in [0.15, 0.2) is 5.17 Å². The van der Waals surface area contributed by atoms with E-state index in [-0.39, 0.29) is 17.2 Å². The maximum Gasteiger partial charge on any atom is 0.321 e. The first-order valence-corrected chi connectivity index (χ1v) is 11.7. The summed E-state index contributed by atoms with van der Waals surface area (Å²) < 4.78 is 14.3. The van der Waals surface area contributed by atoms with Crippen molar-refractivity contribution in [1.29, 1.82) is 0 Å². The summed E-state index contributed by atoms with van der Waals surface area (Å²) in [7, 11) is 0. The largest absolute Gasteiger partial charge is 0.480 e. The smallest absolute Gasteiger partial charge is 0.321 e. The van der Waals surface area contributed by atoms with Crippen LogP contribution in [0.5, 0.6) is 0 Å². The topological polar surface area (TPSA) is 78.8 Å². The number of rotatable bonds is 5. The Morgan fingerprint density at radius 2 is 1.88 bits per heavy atom. The molecule has 1 unspecified atom stereocenters. The van der Waals surface area contributed by atoms with Crippen LogP contribution >= 0.6 is 27.7 Å². The first-order valence-electron chi connectivity index (χ1n) is 9.94. The van der Waals surface area contributed by atoms with Crippen molar-refractivity contribution in [2.24, 2.45) is 4.99 Å². The zero-order chi connectivity index (χ0) is 23.5. The number of carbonyl (C=O) groups is 2. The van der Waals surface area contributed by atoms with Gasteiger partial charge in [0.25, 0.3) is 5.91 Å². The van der Waals surface area contributed by atoms with Gasteiger partial charge in [-0.3, -0.25) is 9.59 Å². The number of nitrogens with zero attached hydrogens (tertiary/aromatic N) is 1. The minimum atomic E-state index is -1.19. The highest BCUT2D eigenvalue weighted by atomic mass is 79.9. The fourth-order valence-electron chi connectivity index (χ4n) is 3.33. The molecule has 1 amide bonds. The number of hydrogen-bond acceptors (Lipinski definition) is 4. The Balaban J connectivity index is 1.51. The number of aliphatic imine (C=N–C) groups is 1. The van der Waals surface area contributed by atoms with E-state index < -0.39 is 16.6 Å². The fraction of sp³-hybridized carbons (Fsp3) is 0.0800. The number of amides is 1. The molecule has 1 heterocycles. The number of amidine groups is 1. The molecular formula is C25H18BrFN2O3S. The quantitative estimate of drug-likeness (QED) is 0.307. The predicted molar refractivity (Wildman–Crippen MR) is 133 cm³/mol. The van der Waals surface area contributed by atoms with E-state index in [1.54, 1.807) is 6.08 Å². The van der Waals surface area contributed by atoms with Gasteiger partial charge in [-0.15, -0.1) is 0 Å². The molecular weight excluding hydrogens is 507 g/mol. The highest BCUT2D eigenvalue weighted by Gasteiger charge is 2.24. The van der Waals surface area contributed by atoms with Crippen LogP contribution < -0.4 is 5.32 Å². The SMILES string of the molecule is Cc1ccccc1-c1ccc(C=C2SC(=Nc3ccc(C(Br)C(=O)O)c(F)c3)NC2=O)cc1. The van der Waals surface area contributed by atoms with Gasteiger partial charge in [0.1, 0.15) is 10.6 Å². The second-order valence-electron chi connectivity index (χ2n) is 7.33. The molecule has 0 aromatic heterocycles. The van der Waals surface area contributed by atoms with Crippen molar-refractivity contribution in [2.45, 2.75) is 11.8 Å². The number of benzene rings is 3. The van der Waals surface area contributed by atoms with Gasteiger partial charge in [0.2, 0.25) is 0 Å². The molecule has 33 heavy (non-hydrogen) atoms. The van der Waals surface area contributed by atoms with Crippen LogP contribution in [0, 0.1) is 12.7 Å². The van der Waals surface area contributed by atoms with E-state index >= 15 is 0 Å². The lowest BCUT2D eigenvalue weighted by Crippen LogP contribution is -2.19. The highest BCUT2D eigenvalue weighted by Crippen LogP contribution is 2.31. The van der Waals surface area contributed by atoms with Crippen molar-refractivity contribution in [3.05, 3.63) is 94.1 Å². The van der Waals surface area contributed by atoms with E-state index in [4.69, 9.17) is 5.11 Å². The lowest BCUT2D eigenvalue weighted by atomic mass is 9.99. The van der Waals surface area contributed by atoms with Gasteiger partial charge < -0.3 is 10.4 Å². The summed E-state index contributed by atoms with van der Waals surface area (Å²) in [6, 6.07) is 20.1. The number of alkyl halides is 1. The van der Waals surface area contributed by atoms with E-state index in [9.17, 15) is 14.0 Å². The number of carbonyl (C=O) groups excluding carboxylic acids is 1. The van der Waals surface area contributed by atoms with E-state index in [1.165, 1.54) is 17.7 Å². The molecule has 166 valence electrons. The number of halogens is 2. The standard InChI is InChI=1S/C25H18BrFN2O3S/c1-14-4-2-3-5-18(14)16-8-6-15(7-9-16)12-21-23(30)29-25(33-21)28-17-10-11-19(20(27)13-17)22(26)24(31)32/h2-13,22H,1H3,(H,31,32)(H,28,29,30). The van der Waals surface area contributed by atoms with Gasteiger partial charge in [0, 0.05) is 5.56 Å². The minimum absolute atomic E-state index is 0.00397. The molecule has 3 aromatic rings. The minimum Gasteiger partial charge on any atom is -0.480 e. The molecule has 5 nitrogen and oxygen atoms in total. The summed E-state index contributed by atoms with van der Waals surface area (Å²) in [5, 5.41) is 12.0. The first-order chi connectivity index (χ1) is 15.8. The molecule has 0 radical (unpaired) electrons. The van der Waals surface area contributed by atoms with Crippen LogP contribution in [0.3, 0.4) is 0 Å². The number of aryl methyl sites for hydroxylation is 1. The molecule has 1 fully saturated rings. The van der Waals surface area contributed by atoms with Crippen LogP contribution in [0.25, 0.3) is 17.2 Å². The summed E-state index contributed by atoms with van der Waals surface area (Å²) in [5.74, 6) is -2.17. The number of hydrogen-bond donors (Lipinski definition) is 2. The lowest BCUT2D eigenvalue weighted by molar-refractivity contribution is -0.136. The van der Waals surface area contributed by atoms with Crippen LogP contribution in [-0.2, 0) is 9.59 Å². The number of aliphatic carboxylic acids is 1. The van der Waals surface area contributed by atoms with E-state index in [2.05, 4.69) is 45.3 Å². The zero-order valence-electron chi connectivity index (χ0n) is 17.4. The Morgan fingerprint density at radius 1 is 1.15 bits per heavy atom. The fourth-order valence-corrected chi connectivity index (χ4v) is 4.54. The molecule has 0 saturated carbocycles. The van der Waals surface area contributed by atoms with Crippen LogP contribution in [0.15, 0.2) is 76.6 Å². The summed E-state index contributed by atoms with van der Waals surface area (Å²) >= 11 is 4.10. The molecule has 0 bridgehead atoms. The monoisotopic (exact) mass is 524 g/mol. The summed E-state index contributed by atoms with van der Waals surface area (Å²) in [6.45, 7) is 2.06. The summed E-state index contributed by atoms with van der Waals surface area (Å²) in [5.41, 5.74) is 4.59.